The van der Waals surface area contributed by atoms with E-state index in [2.05, 4.69) is 14.9 Å². The van der Waals surface area contributed by atoms with Crippen molar-refractivity contribution in [2.45, 2.75) is 38.7 Å². The van der Waals surface area contributed by atoms with Crippen molar-refractivity contribution in [2.75, 3.05) is 43.4 Å². The summed E-state index contributed by atoms with van der Waals surface area (Å²) in [5, 5.41) is 0.572. The standard InChI is InChI=1S/C19H29ClN4O3S/c1-2-28(25,26)24-12-17(13-24)27-8-5-15-9-18(15)14-3-6-23(7-4-14)19-21-10-16(20)11-22-19/h10-11,14-15,17-18H,2-9,12-13H2,1H3. The second kappa shape index (κ2) is 8.42. The Hall–Kier alpha value is -0.960. The minimum atomic E-state index is -3.04. The van der Waals surface area contributed by atoms with Crippen LogP contribution in [0.3, 0.4) is 0 Å². The van der Waals surface area contributed by atoms with Gasteiger partial charge >= 0.3 is 0 Å². The van der Waals surface area contributed by atoms with Crippen LogP contribution in [0.5, 0.6) is 0 Å². The highest BCUT2D eigenvalue weighted by Crippen LogP contribution is 2.49. The molecule has 2 atom stereocenters. The maximum Gasteiger partial charge on any atom is 0.225 e. The van der Waals surface area contributed by atoms with Crippen LogP contribution < -0.4 is 4.90 Å². The normalized spacial score (nSPS) is 27.0. The van der Waals surface area contributed by atoms with Gasteiger partial charge < -0.3 is 9.64 Å². The number of halogens is 1. The van der Waals surface area contributed by atoms with Crippen molar-refractivity contribution in [1.82, 2.24) is 14.3 Å². The van der Waals surface area contributed by atoms with Crippen molar-refractivity contribution in [1.29, 1.82) is 0 Å². The summed E-state index contributed by atoms with van der Waals surface area (Å²) in [6, 6.07) is 0. The summed E-state index contributed by atoms with van der Waals surface area (Å²) >= 11 is 5.86. The smallest absolute Gasteiger partial charge is 0.225 e. The molecule has 2 unspecified atom stereocenters. The molecule has 3 fully saturated rings. The summed E-state index contributed by atoms with van der Waals surface area (Å²) in [6.45, 7) is 5.50. The van der Waals surface area contributed by atoms with Crippen LogP contribution in [0.15, 0.2) is 12.4 Å². The van der Waals surface area contributed by atoms with Crippen molar-refractivity contribution in [3.05, 3.63) is 17.4 Å². The summed E-state index contributed by atoms with van der Waals surface area (Å²) in [4.78, 5) is 10.9. The minimum absolute atomic E-state index is 0.0844. The van der Waals surface area contributed by atoms with Crippen molar-refractivity contribution >= 4 is 27.6 Å². The van der Waals surface area contributed by atoms with Gasteiger partial charge in [0, 0.05) is 32.8 Å². The molecule has 28 heavy (non-hydrogen) atoms. The maximum atomic E-state index is 11.7. The fraction of sp³-hybridized carbons (Fsp3) is 0.789. The lowest BCUT2D eigenvalue weighted by molar-refractivity contribution is -0.0225. The summed E-state index contributed by atoms with van der Waals surface area (Å²) in [5.41, 5.74) is 0. The number of piperidine rings is 1. The highest BCUT2D eigenvalue weighted by Gasteiger charge is 2.43. The Morgan fingerprint density at radius 3 is 2.54 bits per heavy atom. The third-order valence-corrected chi connectivity index (χ3v) is 8.44. The Morgan fingerprint density at radius 1 is 1.21 bits per heavy atom. The first kappa shape index (κ1) is 20.3. The van der Waals surface area contributed by atoms with Crippen LogP contribution in [-0.4, -0.2) is 67.3 Å². The zero-order chi connectivity index (χ0) is 19.7. The van der Waals surface area contributed by atoms with Gasteiger partial charge in [0.1, 0.15) is 0 Å². The zero-order valence-electron chi connectivity index (χ0n) is 16.3. The minimum Gasteiger partial charge on any atom is -0.375 e. The van der Waals surface area contributed by atoms with E-state index in [4.69, 9.17) is 16.3 Å². The van der Waals surface area contributed by atoms with Crippen molar-refractivity contribution < 1.29 is 13.2 Å². The average Bonchev–Trinajstić information content (AvgIpc) is 3.44. The molecule has 2 saturated heterocycles. The fourth-order valence-corrected chi connectivity index (χ4v) is 5.73. The highest BCUT2D eigenvalue weighted by atomic mass is 35.5. The van der Waals surface area contributed by atoms with Crippen molar-refractivity contribution in [3.63, 3.8) is 0 Å². The van der Waals surface area contributed by atoms with Gasteiger partial charge in [-0.15, -0.1) is 0 Å². The molecule has 3 aliphatic rings. The van der Waals surface area contributed by atoms with Gasteiger partial charge in [0.15, 0.2) is 0 Å². The zero-order valence-corrected chi connectivity index (χ0v) is 17.9. The number of hydrogen-bond donors (Lipinski definition) is 0. The first-order chi connectivity index (χ1) is 13.5. The van der Waals surface area contributed by atoms with Gasteiger partial charge in [-0.1, -0.05) is 11.6 Å². The summed E-state index contributed by atoms with van der Waals surface area (Å²) in [5.74, 6) is 3.35. The lowest BCUT2D eigenvalue weighted by Gasteiger charge is -2.37. The van der Waals surface area contributed by atoms with Gasteiger partial charge in [0.2, 0.25) is 16.0 Å². The van der Waals surface area contributed by atoms with E-state index in [9.17, 15) is 8.42 Å². The molecule has 0 amide bonds. The van der Waals surface area contributed by atoms with E-state index in [0.717, 1.165) is 49.8 Å². The SMILES string of the molecule is CCS(=O)(=O)N1CC(OCCC2CC2C2CCN(c3ncc(Cl)cn3)CC2)C1. The molecule has 1 aromatic heterocycles. The molecule has 0 aromatic carbocycles. The molecular weight excluding hydrogens is 400 g/mol. The fourth-order valence-electron chi connectivity index (χ4n) is 4.48. The van der Waals surface area contributed by atoms with Gasteiger partial charge in [-0.3, -0.25) is 0 Å². The van der Waals surface area contributed by atoms with Crippen LogP contribution in [0.4, 0.5) is 5.95 Å². The maximum absolute atomic E-state index is 11.7. The summed E-state index contributed by atoms with van der Waals surface area (Å²) < 4.78 is 30.8. The number of aromatic nitrogens is 2. The van der Waals surface area contributed by atoms with Gasteiger partial charge in [0.05, 0.1) is 29.3 Å². The van der Waals surface area contributed by atoms with Gasteiger partial charge in [-0.2, -0.15) is 4.31 Å². The third kappa shape index (κ3) is 4.61. The molecule has 0 spiro atoms. The number of ether oxygens (including phenoxy) is 1. The Kier molecular flexibility index (Phi) is 6.11. The Morgan fingerprint density at radius 2 is 1.89 bits per heavy atom. The van der Waals surface area contributed by atoms with Crippen LogP contribution in [0.25, 0.3) is 0 Å². The monoisotopic (exact) mass is 428 g/mol. The number of sulfonamides is 1. The van der Waals surface area contributed by atoms with Crippen LogP contribution in [0.2, 0.25) is 5.02 Å². The van der Waals surface area contributed by atoms with Crippen molar-refractivity contribution in [2.24, 2.45) is 17.8 Å². The van der Waals surface area contributed by atoms with E-state index in [0.29, 0.717) is 18.1 Å². The lowest BCUT2D eigenvalue weighted by Crippen LogP contribution is -2.55. The van der Waals surface area contributed by atoms with E-state index in [1.807, 2.05) is 0 Å². The molecule has 4 rings (SSSR count). The van der Waals surface area contributed by atoms with E-state index in [1.165, 1.54) is 23.6 Å². The Balaban J connectivity index is 1.11. The molecule has 9 heteroatoms. The van der Waals surface area contributed by atoms with Gasteiger partial charge in [-0.25, -0.2) is 18.4 Å². The van der Waals surface area contributed by atoms with Crippen molar-refractivity contribution in [3.8, 4) is 0 Å². The molecule has 0 bridgehead atoms. The Labute approximate surface area is 172 Å². The molecule has 156 valence electrons. The molecule has 7 nitrogen and oxygen atoms in total. The lowest BCUT2D eigenvalue weighted by atomic mass is 9.90. The topological polar surface area (TPSA) is 75.6 Å². The predicted molar refractivity (Wildman–Crippen MR) is 109 cm³/mol. The first-order valence-electron chi connectivity index (χ1n) is 10.3. The molecule has 0 N–H and O–H groups in total. The molecule has 1 aromatic rings. The number of anilines is 1. The predicted octanol–water partition coefficient (Wildman–Crippen LogP) is 2.42. The van der Waals surface area contributed by atoms with Gasteiger partial charge in [0.25, 0.3) is 0 Å². The van der Waals surface area contributed by atoms with Crippen LogP contribution in [0, 0.1) is 17.8 Å². The summed E-state index contributed by atoms with van der Waals surface area (Å²) in [6.07, 6.45) is 8.20. The molecule has 0 radical (unpaired) electrons. The largest absolute Gasteiger partial charge is 0.375 e. The van der Waals surface area contributed by atoms with E-state index in [1.54, 1.807) is 19.3 Å². The number of hydrogen-bond acceptors (Lipinski definition) is 6. The molecule has 2 aliphatic heterocycles. The quantitative estimate of drug-likeness (QED) is 0.633. The molecule has 3 heterocycles. The molecule has 1 saturated carbocycles. The first-order valence-corrected chi connectivity index (χ1v) is 12.3. The van der Waals surface area contributed by atoms with Crippen LogP contribution in [0.1, 0.15) is 32.6 Å². The average molecular weight is 429 g/mol. The Bertz CT molecular complexity index is 762. The number of nitrogens with zero attached hydrogens (tertiary/aromatic N) is 4. The molecule has 1 aliphatic carbocycles. The number of rotatable bonds is 8. The molecular formula is C19H29ClN4O3S. The van der Waals surface area contributed by atoms with E-state index >= 15 is 0 Å². The highest BCUT2D eigenvalue weighted by molar-refractivity contribution is 7.89. The van der Waals surface area contributed by atoms with Crippen LogP contribution in [-0.2, 0) is 14.8 Å². The second-order valence-electron chi connectivity index (χ2n) is 8.18. The van der Waals surface area contributed by atoms with E-state index in [-0.39, 0.29) is 11.9 Å². The van der Waals surface area contributed by atoms with E-state index < -0.39 is 10.0 Å². The van der Waals surface area contributed by atoms with Gasteiger partial charge in [-0.05, 0) is 50.4 Å². The third-order valence-electron chi connectivity index (χ3n) is 6.43. The summed E-state index contributed by atoms with van der Waals surface area (Å²) in [7, 11) is -3.04. The second-order valence-corrected chi connectivity index (χ2v) is 10.9. The van der Waals surface area contributed by atoms with Crippen LogP contribution >= 0.6 is 11.6 Å².